The Bertz CT molecular complexity index is 1180. The molecule has 376 valence electrons. The maximum atomic E-state index is 12.8. The van der Waals surface area contributed by atoms with Gasteiger partial charge >= 0.3 is 17.9 Å². The van der Waals surface area contributed by atoms with Crippen molar-refractivity contribution >= 4 is 17.9 Å². The molecule has 65 heavy (non-hydrogen) atoms. The minimum Gasteiger partial charge on any atom is -0.462 e. The Morgan fingerprint density at radius 3 is 0.954 bits per heavy atom. The molecule has 0 N–H and O–H groups in total. The number of allylic oxidation sites excluding steroid dienone is 10. The molecule has 0 amide bonds. The monoisotopic (exact) mass is 909 g/mol. The fourth-order valence-electron chi connectivity index (χ4n) is 7.78. The van der Waals surface area contributed by atoms with Gasteiger partial charge in [-0.25, -0.2) is 0 Å². The average molecular weight is 909 g/mol. The Kier molecular flexibility index (Phi) is 51.3. The average Bonchev–Trinajstić information content (AvgIpc) is 3.30. The number of esters is 3. The number of hydrogen-bond acceptors (Lipinski definition) is 6. The van der Waals surface area contributed by atoms with Gasteiger partial charge in [-0.05, 0) is 83.5 Å². The van der Waals surface area contributed by atoms with E-state index in [0.29, 0.717) is 19.3 Å². The molecule has 6 nitrogen and oxygen atoms in total. The lowest BCUT2D eigenvalue weighted by Gasteiger charge is -2.18. The largest absolute Gasteiger partial charge is 0.462 e. The second-order valence-corrected chi connectivity index (χ2v) is 18.5. The summed E-state index contributed by atoms with van der Waals surface area (Å²) in [4.78, 5) is 38.1. The molecular weight excluding hydrogens is 805 g/mol. The Morgan fingerprint density at radius 2 is 0.569 bits per heavy atom. The van der Waals surface area contributed by atoms with Gasteiger partial charge in [-0.2, -0.15) is 0 Å². The van der Waals surface area contributed by atoms with Gasteiger partial charge in [-0.3, -0.25) is 14.4 Å². The normalized spacial score (nSPS) is 12.5. The van der Waals surface area contributed by atoms with Crippen LogP contribution in [0.25, 0.3) is 0 Å². The molecule has 1 unspecified atom stereocenters. The Hall–Kier alpha value is -2.89. The standard InChI is InChI=1S/C59H104O6/c1-4-7-10-13-16-19-22-25-28-29-32-35-38-41-44-47-50-53-59(62)65-56(54-63-57(60)51-48-45-42-39-36-33-30-26-23-20-17-14-11-8-5-2)55-64-58(61)52-49-46-43-40-37-34-31-27-24-21-18-15-12-9-6-3/h16,19,25-26,28,30,32,35,41,44,56H,4-15,17-18,20-24,27,29,31,33-34,36-40,42-43,45-55H2,1-3H3/b19-16+,28-25+,30-26+,35-32+,44-41+. The van der Waals surface area contributed by atoms with E-state index in [9.17, 15) is 14.4 Å². The van der Waals surface area contributed by atoms with Crippen LogP contribution < -0.4 is 0 Å². The molecule has 0 rings (SSSR count). The molecule has 0 heterocycles. The maximum Gasteiger partial charge on any atom is 0.306 e. The summed E-state index contributed by atoms with van der Waals surface area (Å²) in [5.74, 6) is -0.952. The highest BCUT2D eigenvalue weighted by Crippen LogP contribution is 2.15. The van der Waals surface area contributed by atoms with E-state index in [-0.39, 0.29) is 37.5 Å². The van der Waals surface area contributed by atoms with Gasteiger partial charge in [-0.15, -0.1) is 0 Å². The first-order valence-corrected chi connectivity index (χ1v) is 27.8. The molecule has 0 spiro atoms. The van der Waals surface area contributed by atoms with Crippen LogP contribution in [0, 0.1) is 0 Å². The molecule has 0 aromatic rings. The van der Waals surface area contributed by atoms with E-state index in [0.717, 1.165) is 70.6 Å². The lowest BCUT2D eigenvalue weighted by Crippen LogP contribution is -2.30. The molecule has 0 bridgehead atoms. The zero-order valence-corrected chi connectivity index (χ0v) is 43.0. The fraction of sp³-hybridized carbons (Fsp3) is 0.780. The van der Waals surface area contributed by atoms with Crippen LogP contribution in [0.3, 0.4) is 0 Å². The van der Waals surface area contributed by atoms with Crippen molar-refractivity contribution in [1.29, 1.82) is 0 Å². The summed E-state index contributed by atoms with van der Waals surface area (Å²) in [5.41, 5.74) is 0. The molecule has 0 aliphatic heterocycles. The number of hydrogen-bond donors (Lipinski definition) is 0. The van der Waals surface area contributed by atoms with Crippen LogP contribution in [0.5, 0.6) is 0 Å². The van der Waals surface area contributed by atoms with Crippen LogP contribution in [0.15, 0.2) is 60.8 Å². The molecule has 0 fully saturated rings. The van der Waals surface area contributed by atoms with E-state index in [1.807, 2.05) is 0 Å². The smallest absolute Gasteiger partial charge is 0.306 e. The van der Waals surface area contributed by atoms with Crippen molar-refractivity contribution in [1.82, 2.24) is 0 Å². The predicted octanol–water partition coefficient (Wildman–Crippen LogP) is 18.4. The Morgan fingerprint density at radius 1 is 0.308 bits per heavy atom. The van der Waals surface area contributed by atoms with Crippen LogP contribution in [0.4, 0.5) is 0 Å². The minimum atomic E-state index is -0.804. The predicted molar refractivity (Wildman–Crippen MR) is 279 cm³/mol. The zero-order valence-electron chi connectivity index (χ0n) is 43.0. The number of rotatable bonds is 50. The molecule has 0 saturated carbocycles. The molecule has 0 aliphatic rings. The first-order chi connectivity index (χ1) is 32.0. The van der Waals surface area contributed by atoms with Crippen LogP contribution in [0.1, 0.15) is 278 Å². The van der Waals surface area contributed by atoms with Crippen LogP contribution in [-0.2, 0) is 28.6 Å². The molecule has 0 saturated heterocycles. The highest BCUT2D eigenvalue weighted by Gasteiger charge is 2.19. The Balaban J connectivity index is 4.47. The molecule has 6 heteroatoms. The summed E-state index contributed by atoms with van der Waals surface area (Å²) in [6.07, 6.45) is 66.4. The first-order valence-electron chi connectivity index (χ1n) is 27.8. The lowest BCUT2D eigenvalue weighted by molar-refractivity contribution is -0.167. The van der Waals surface area contributed by atoms with Gasteiger partial charge in [0, 0.05) is 19.3 Å². The topological polar surface area (TPSA) is 78.9 Å². The Labute approximate surface area is 402 Å². The molecule has 1 atom stereocenters. The van der Waals surface area contributed by atoms with Crippen molar-refractivity contribution in [2.45, 2.75) is 284 Å². The number of unbranched alkanes of at least 4 members (excludes halogenated alkanes) is 29. The van der Waals surface area contributed by atoms with Crippen molar-refractivity contribution in [3.63, 3.8) is 0 Å². The molecule has 0 radical (unpaired) electrons. The van der Waals surface area contributed by atoms with Gasteiger partial charge in [-0.1, -0.05) is 236 Å². The maximum absolute atomic E-state index is 12.8. The summed E-state index contributed by atoms with van der Waals surface area (Å²) < 4.78 is 16.8. The van der Waals surface area contributed by atoms with Gasteiger partial charge in [0.25, 0.3) is 0 Å². The minimum absolute atomic E-state index is 0.0961. The van der Waals surface area contributed by atoms with E-state index >= 15 is 0 Å². The van der Waals surface area contributed by atoms with Crippen molar-refractivity contribution in [3.8, 4) is 0 Å². The summed E-state index contributed by atoms with van der Waals surface area (Å²) in [6, 6.07) is 0. The van der Waals surface area contributed by atoms with Gasteiger partial charge in [0.2, 0.25) is 0 Å². The van der Waals surface area contributed by atoms with E-state index in [1.165, 1.54) is 161 Å². The van der Waals surface area contributed by atoms with Gasteiger partial charge in [0.05, 0.1) is 0 Å². The molecule has 0 aromatic carbocycles. The SMILES string of the molecule is CCCCC/C=C/C/C=C/C/C=C/C/C=C/CCCC(=O)OC(COC(=O)CCCCCCC/C=C/CCCCCCCC)COC(=O)CCCCCCCCCCCCCCCCC. The molecule has 0 aliphatic carbocycles. The summed E-state index contributed by atoms with van der Waals surface area (Å²) >= 11 is 0. The van der Waals surface area contributed by atoms with Crippen molar-refractivity contribution < 1.29 is 28.6 Å². The zero-order chi connectivity index (χ0) is 47.2. The van der Waals surface area contributed by atoms with E-state index in [4.69, 9.17) is 14.2 Å². The number of ether oxygens (including phenoxy) is 3. The van der Waals surface area contributed by atoms with Crippen molar-refractivity contribution in [2.24, 2.45) is 0 Å². The van der Waals surface area contributed by atoms with Gasteiger partial charge < -0.3 is 14.2 Å². The van der Waals surface area contributed by atoms with E-state index in [1.54, 1.807) is 0 Å². The van der Waals surface area contributed by atoms with Crippen LogP contribution in [-0.4, -0.2) is 37.2 Å². The lowest BCUT2D eigenvalue weighted by atomic mass is 10.0. The van der Waals surface area contributed by atoms with E-state index < -0.39 is 6.10 Å². The number of carbonyl (C=O) groups excluding carboxylic acids is 3. The summed E-state index contributed by atoms with van der Waals surface area (Å²) in [7, 11) is 0. The van der Waals surface area contributed by atoms with Crippen LogP contribution >= 0.6 is 0 Å². The summed E-state index contributed by atoms with van der Waals surface area (Å²) in [5, 5.41) is 0. The number of carbonyl (C=O) groups is 3. The van der Waals surface area contributed by atoms with Crippen LogP contribution in [0.2, 0.25) is 0 Å². The van der Waals surface area contributed by atoms with Crippen molar-refractivity contribution in [2.75, 3.05) is 13.2 Å². The summed E-state index contributed by atoms with van der Waals surface area (Å²) in [6.45, 7) is 6.57. The first kappa shape index (κ1) is 62.1. The third-order valence-electron chi connectivity index (χ3n) is 12.0. The van der Waals surface area contributed by atoms with Gasteiger partial charge in [0.1, 0.15) is 13.2 Å². The highest BCUT2D eigenvalue weighted by molar-refractivity contribution is 5.71. The second kappa shape index (κ2) is 53.7. The van der Waals surface area contributed by atoms with Crippen molar-refractivity contribution in [3.05, 3.63) is 60.8 Å². The molecular formula is C59H104O6. The molecule has 0 aromatic heterocycles. The second-order valence-electron chi connectivity index (χ2n) is 18.5. The quantitative estimate of drug-likeness (QED) is 0.0262. The van der Waals surface area contributed by atoms with E-state index in [2.05, 4.69) is 81.5 Å². The third-order valence-corrected chi connectivity index (χ3v) is 12.0. The van der Waals surface area contributed by atoms with Gasteiger partial charge in [0.15, 0.2) is 6.10 Å². The fourth-order valence-corrected chi connectivity index (χ4v) is 7.78. The highest BCUT2D eigenvalue weighted by atomic mass is 16.6. The third kappa shape index (κ3) is 51.9.